The van der Waals surface area contributed by atoms with E-state index in [1.165, 1.54) is 5.56 Å². The van der Waals surface area contributed by atoms with Crippen LogP contribution in [-0.2, 0) is 20.7 Å². The molecule has 1 aliphatic carbocycles. The van der Waals surface area contributed by atoms with E-state index in [1.54, 1.807) is 0 Å². The predicted molar refractivity (Wildman–Crippen MR) is 86.8 cm³/mol. The lowest BCUT2D eigenvalue weighted by Gasteiger charge is -2.18. The maximum Gasteiger partial charge on any atom is 0.309 e. The van der Waals surface area contributed by atoms with Gasteiger partial charge in [-0.05, 0) is 57.2 Å². The molecule has 0 amide bonds. The van der Waals surface area contributed by atoms with E-state index in [1.807, 2.05) is 6.92 Å². The van der Waals surface area contributed by atoms with Crippen LogP contribution in [0.1, 0.15) is 48.4 Å². The predicted octanol–water partition coefficient (Wildman–Crippen LogP) is 3.70. The summed E-state index contributed by atoms with van der Waals surface area (Å²) in [5, 5.41) is 0. The zero-order chi connectivity index (χ0) is 16.3. The number of carbonyl (C=O) groups is 2. The summed E-state index contributed by atoms with van der Waals surface area (Å²) in [5.74, 6) is -0.418. The third kappa shape index (κ3) is 3.57. The highest BCUT2D eigenvalue weighted by Gasteiger charge is 2.38. The molecule has 0 aromatic heterocycles. The van der Waals surface area contributed by atoms with E-state index in [4.69, 9.17) is 4.74 Å². The van der Waals surface area contributed by atoms with Crippen molar-refractivity contribution in [3.05, 3.63) is 34.4 Å². The molecule has 0 bridgehead atoms. The Morgan fingerprint density at radius 1 is 1.09 bits per heavy atom. The first-order valence-electron chi connectivity index (χ1n) is 8.20. The number of rotatable bonds is 5. The van der Waals surface area contributed by atoms with Crippen LogP contribution in [0.3, 0.4) is 0 Å². The van der Waals surface area contributed by atoms with Crippen molar-refractivity contribution in [1.82, 2.24) is 0 Å². The lowest BCUT2D eigenvalue weighted by Crippen LogP contribution is -2.28. The molecule has 0 N–H and O–H groups in total. The van der Waals surface area contributed by atoms with Crippen LogP contribution in [0.5, 0.6) is 0 Å². The van der Waals surface area contributed by atoms with E-state index in [9.17, 15) is 9.59 Å². The van der Waals surface area contributed by atoms with Crippen molar-refractivity contribution in [2.24, 2.45) is 11.8 Å². The number of esters is 1. The van der Waals surface area contributed by atoms with Crippen molar-refractivity contribution in [1.29, 1.82) is 0 Å². The molecule has 0 saturated heterocycles. The number of carbonyl (C=O) groups excluding carboxylic acids is 2. The molecule has 2 unspecified atom stereocenters. The fraction of sp³-hybridized carbons (Fsp3) is 0.579. The monoisotopic (exact) mass is 302 g/mol. The van der Waals surface area contributed by atoms with E-state index in [0.717, 1.165) is 36.0 Å². The molecule has 0 aliphatic heterocycles. The van der Waals surface area contributed by atoms with Gasteiger partial charge in [-0.3, -0.25) is 9.59 Å². The first kappa shape index (κ1) is 16.7. The zero-order valence-electron chi connectivity index (χ0n) is 14.1. The van der Waals surface area contributed by atoms with Gasteiger partial charge in [0.2, 0.25) is 0 Å². The van der Waals surface area contributed by atoms with E-state index >= 15 is 0 Å². The average molecular weight is 302 g/mol. The number of Topliss-reactive ketones (excluding diaryl/α,β-unsaturated/α-hetero) is 1. The van der Waals surface area contributed by atoms with Crippen LogP contribution in [0.15, 0.2) is 12.1 Å². The number of hydrogen-bond acceptors (Lipinski definition) is 3. The van der Waals surface area contributed by atoms with Gasteiger partial charge >= 0.3 is 5.97 Å². The van der Waals surface area contributed by atoms with Gasteiger partial charge in [0.25, 0.3) is 0 Å². The quantitative estimate of drug-likeness (QED) is 0.779. The van der Waals surface area contributed by atoms with Crippen molar-refractivity contribution < 1.29 is 14.3 Å². The summed E-state index contributed by atoms with van der Waals surface area (Å²) in [7, 11) is 0. The minimum Gasteiger partial charge on any atom is -0.466 e. The Morgan fingerprint density at radius 3 is 2.27 bits per heavy atom. The number of aryl methyl sites for hydroxylation is 3. The highest BCUT2D eigenvalue weighted by atomic mass is 16.5. The van der Waals surface area contributed by atoms with Crippen molar-refractivity contribution in [3.8, 4) is 0 Å². The number of benzene rings is 1. The van der Waals surface area contributed by atoms with Crippen molar-refractivity contribution >= 4 is 11.8 Å². The second kappa shape index (κ2) is 7.08. The normalized spacial score (nSPS) is 20.9. The van der Waals surface area contributed by atoms with Gasteiger partial charge in [-0.25, -0.2) is 0 Å². The lowest BCUT2D eigenvalue weighted by molar-refractivity contribution is -0.151. The third-order valence-electron chi connectivity index (χ3n) is 4.71. The molecule has 1 aromatic rings. The van der Waals surface area contributed by atoms with Gasteiger partial charge in [-0.1, -0.05) is 24.1 Å². The van der Waals surface area contributed by atoms with Gasteiger partial charge in [-0.15, -0.1) is 0 Å². The average Bonchev–Trinajstić information content (AvgIpc) is 2.92. The molecular weight excluding hydrogens is 276 g/mol. The van der Waals surface area contributed by atoms with Gasteiger partial charge in [0.15, 0.2) is 0 Å². The summed E-state index contributed by atoms with van der Waals surface area (Å²) < 4.78 is 5.13. The van der Waals surface area contributed by atoms with E-state index in [0.29, 0.717) is 13.0 Å². The molecule has 3 nitrogen and oxygen atoms in total. The van der Waals surface area contributed by atoms with Crippen LogP contribution in [0.2, 0.25) is 0 Å². The van der Waals surface area contributed by atoms with E-state index in [2.05, 4.69) is 32.9 Å². The largest absolute Gasteiger partial charge is 0.466 e. The summed E-state index contributed by atoms with van der Waals surface area (Å²) in [6.07, 6.45) is 2.96. The Bertz CT molecular complexity index is 551. The molecule has 22 heavy (non-hydrogen) atoms. The van der Waals surface area contributed by atoms with Crippen LogP contribution in [0.4, 0.5) is 0 Å². The van der Waals surface area contributed by atoms with Gasteiger partial charge in [0, 0.05) is 12.3 Å². The number of ketones is 1. The van der Waals surface area contributed by atoms with Crippen molar-refractivity contribution in [2.75, 3.05) is 6.61 Å². The Morgan fingerprint density at radius 2 is 1.68 bits per heavy atom. The maximum absolute atomic E-state index is 12.7. The van der Waals surface area contributed by atoms with Crippen LogP contribution in [0, 0.1) is 32.6 Å². The SMILES string of the molecule is CCOC(=O)C1CCCC1C(=O)Cc1c(C)cc(C)cc1C. The molecule has 2 rings (SSSR count). The van der Waals surface area contributed by atoms with Gasteiger partial charge in [0.05, 0.1) is 12.5 Å². The van der Waals surface area contributed by atoms with Crippen LogP contribution in [-0.4, -0.2) is 18.4 Å². The minimum absolute atomic E-state index is 0.167. The number of ether oxygens (including phenoxy) is 1. The van der Waals surface area contributed by atoms with E-state index < -0.39 is 0 Å². The molecule has 1 saturated carbocycles. The Kier molecular flexibility index (Phi) is 5.38. The summed E-state index contributed by atoms with van der Waals surface area (Å²) in [4.78, 5) is 24.7. The fourth-order valence-corrected chi connectivity index (χ4v) is 3.67. The Hall–Kier alpha value is -1.64. The summed E-state index contributed by atoms with van der Waals surface area (Å²) in [6.45, 7) is 8.37. The minimum atomic E-state index is -0.237. The van der Waals surface area contributed by atoms with Crippen molar-refractivity contribution in [3.63, 3.8) is 0 Å². The second-order valence-electron chi connectivity index (χ2n) is 6.42. The summed E-state index contributed by atoms with van der Waals surface area (Å²) >= 11 is 0. The Balaban J connectivity index is 2.13. The lowest BCUT2D eigenvalue weighted by atomic mass is 9.86. The molecule has 1 aromatic carbocycles. The zero-order valence-corrected chi connectivity index (χ0v) is 14.1. The van der Waals surface area contributed by atoms with Gasteiger partial charge in [-0.2, -0.15) is 0 Å². The highest BCUT2D eigenvalue weighted by molar-refractivity contribution is 5.89. The molecule has 1 aliphatic rings. The van der Waals surface area contributed by atoms with Crippen molar-refractivity contribution in [2.45, 2.75) is 53.4 Å². The smallest absolute Gasteiger partial charge is 0.309 e. The molecule has 3 heteroatoms. The van der Waals surface area contributed by atoms with Crippen LogP contribution in [0.25, 0.3) is 0 Å². The standard InChI is InChI=1S/C19H26O3/c1-5-22-19(21)16-8-6-7-15(16)18(20)11-17-13(3)9-12(2)10-14(17)4/h9-10,15-16H,5-8,11H2,1-4H3. The molecule has 120 valence electrons. The molecular formula is C19H26O3. The molecule has 1 fully saturated rings. The number of hydrogen-bond donors (Lipinski definition) is 0. The highest BCUT2D eigenvalue weighted by Crippen LogP contribution is 2.34. The molecule has 0 heterocycles. The first-order valence-corrected chi connectivity index (χ1v) is 8.20. The Labute approximate surface area is 133 Å². The van der Waals surface area contributed by atoms with Gasteiger partial charge < -0.3 is 4.74 Å². The van der Waals surface area contributed by atoms with Gasteiger partial charge in [0.1, 0.15) is 5.78 Å². The third-order valence-corrected chi connectivity index (χ3v) is 4.71. The second-order valence-corrected chi connectivity index (χ2v) is 6.42. The van der Waals surface area contributed by atoms with E-state index in [-0.39, 0.29) is 23.6 Å². The molecule has 0 radical (unpaired) electrons. The fourth-order valence-electron chi connectivity index (χ4n) is 3.67. The maximum atomic E-state index is 12.7. The molecule has 2 atom stereocenters. The summed E-state index contributed by atoms with van der Waals surface area (Å²) in [5.41, 5.74) is 4.66. The van der Waals surface area contributed by atoms with Crippen LogP contribution < -0.4 is 0 Å². The molecule has 0 spiro atoms. The topological polar surface area (TPSA) is 43.4 Å². The van der Waals surface area contributed by atoms with Crippen LogP contribution >= 0.6 is 0 Å². The first-order chi connectivity index (χ1) is 10.4. The summed E-state index contributed by atoms with van der Waals surface area (Å²) in [6, 6.07) is 4.24.